The van der Waals surface area contributed by atoms with Gasteiger partial charge >= 0.3 is 0 Å². The Kier molecular flexibility index (Phi) is 7.13. The lowest BCUT2D eigenvalue weighted by Gasteiger charge is -2.51. The van der Waals surface area contributed by atoms with Crippen LogP contribution in [0.15, 0.2) is 47.1 Å². The van der Waals surface area contributed by atoms with Crippen molar-refractivity contribution in [3.8, 4) is 0 Å². The molecule has 4 atom stereocenters. The number of nitrogens with one attached hydrogen (secondary N) is 2. The average molecular weight is 472 g/mol. The molecule has 6 rings (SSSR count). The highest BCUT2D eigenvalue weighted by molar-refractivity contribution is 7.80. The second-order valence-electron chi connectivity index (χ2n) is 9.60. The van der Waals surface area contributed by atoms with Crippen molar-refractivity contribution in [3.05, 3.63) is 54.2 Å². The molecule has 0 spiro atoms. The summed E-state index contributed by atoms with van der Waals surface area (Å²) < 4.78 is 18.6. The van der Waals surface area contributed by atoms with E-state index in [0.29, 0.717) is 17.7 Å². The zero-order valence-electron chi connectivity index (χ0n) is 19.1. The summed E-state index contributed by atoms with van der Waals surface area (Å²) in [4.78, 5) is 7.67. The highest BCUT2D eigenvalue weighted by Gasteiger charge is 2.40. The van der Waals surface area contributed by atoms with Crippen molar-refractivity contribution in [2.45, 2.75) is 25.4 Å². The van der Waals surface area contributed by atoms with Crippen LogP contribution in [0.1, 0.15) is 18.6 Å². The second-order valence-corrected chi connectivity index (χ2v) is 10.0. The van der Waals surface area contributed by atoms with Gasteiger partial charge in [-0.1, -0.05) is 0 Å². The molecular weight excluding hydrogens is 437 g/mol. The molecule has 2 bridgehead atoms. The first-order valence-electron chi connectivity index (χ1n) is 12.1. The molecule has 1 unspecified atom stereocenters. The van der Waals surface area contributed by atoms with E-state index in [-0.39, 0.29) is 5.82 Å². The Hall–Kier alpha value is -2.16. The average Bonchev–Trinajstić information content (AvgIpc) is 3.37. The maximum atomic E-state index is 13.2. The SMILES string of the molecule is Fc1ccc(N2CCN(C[C@H]3CN4CC[C@H]3C[C@@H]4CNC(=S)NCc3ccco3)CC2)cc1. The largest absolute Gasteiger partial charge is 0.467 e. The van der Waals surface area contributed by atoms with Crippen molar-refractivity contribution in [1.82, 2.24) is 20.4 Å². The summed E-state index contributed by atoms with van der Waals surface area (Å²) in [5, 5.41) is 7.34. The van der Waals surface area contributed by atoms with Gasteiger partial charge in [0.25, 0.3) is 0 Å². The number of piperidine rings is 3. The van der Waals surface area contributed by atoms with Gasteiger partial charge in [-0.05, 0) is 79.8 Å². The Morgan fingerprint density at radius 1 is 1.06 bits per heavy atom. The third-order valence-electron chi connectivity index (χ3n) is 7.57. The summed E-state index contributed by atoms with van der Waals surface area (Å²) >= 11 is 5.45. The summed E-state index contributed by atoms with van der Waals surface area (Å²) in [6.45, 7) is 9.32. The fourth-order valence-electron chi connectivity index (χ4n) is 5.69. The lowest BCUT2D eigenvalue weighted by molar-refractivity contribution is -0.0110. The summed E-state index contributed by atoms with van der Waals surface area (Å²) in [5.41, 5.74) is 1.13. The van der Waals surface area contributed by atoms with E-state index >= 15 is 0 Å². The first-order valence-corrected chi connectivity index (χ1v) is 12.6. The van der Waals surface area contributed by atoms with E-state index in [1.54, 1.807) is 18.4 Å². The number of hydrogen-bond donors (Lipinski definition) is 2. The molecule has 2 N–H and O–H groups in total. The van der Waals surface area contributed by atoms with E-state index in [2.05, 4.69) is 25.3 Å². The molecule has 4 saturated heterocycles. The van der Waals surface area contributed by atoms with Crippen LogP contribution in [-0.4, -0.2) is 73.3 Å². The Morgan fingerprint density at radius 3 is 2.58 bits per heavy atom. The molecule has 1 aromatic carbocycles. The van der Waals surface area contributed by atoms with Gasteiger partial charge in [0.05, 0.1) is 12.8 Å². The van der Waals surface area contributed by atoms with Crippen LogP contribution in [0.25, 0.3) is 0 Å². The number of hydrogen-bond acceptors (Lipinski definition) is 5. The van der Waals surface area contributed by atoms with E-state index in [0.717, 1.165) is 56.0 Å². The molecule has 0 radical (unpaired) electrons. The zero-order valence-corrected chi connectivity index (χ0v) is 19.9. The molecule has 4 aliphatic heterocycles. The fraction of sp³-hybridized carbons (Fsp3) is 0.560. The van der Waals surface area contributed by atoms with E-state index in [1.165, 1.54) is 32.5 Å². The maximum absolute atomic E-state index is 13.2. The van der Waals surface area contributed by atoms with Crippen LogP contribution in [0.4, 0.5) is 10.1 Å². The normalized spacial score (nSPS) is 27.5. The Labute approximate surface area is 201 Å². The zero-order chi connectivity index (χ0) is 22.6. The van der Waals surface area contributed by atoms with Gasteiger partial charge in [-0.2, -0.15) is 0 Å². The molecule has 0 aliphatic carbocycles. The summed E-state index contributed by atoms with van der Waals surface area (Å²) in [7, 11) is 0. The van der Waals surface area contributed by atoms with Gasteiger partial charge in [0.1, 0.15) is 11.6 Å². The number of halogens is 1. The van der Waals surface area contributed by atoms with Crippen LogP contribution in [0.5, 0.6) is 0 Å². The number of rotatable bonds is 7. The van der Waals surface area contributed by atoms with Crippen LogP contribution in [-0.2, 0) is 6.54 Å². The minimum Gasteiger partial charge on any atom is -0.467 e. The van der Waals surface area contributed by atoms with Gasteiger partial charge in [0.15, 0.2) is 5.11 Å². The molecule has 33 heavy (non-hydrogen) atoms. The minimum atomic E-state index is -0.166. The van der Waals surface area contributed by atoms with Crippen LogP contribution < -0.4 is 15.5 Å². The van der Waals surface area contributed by atoms with Gasteiger partial charge in [-0.3, -0.25) is 9.80 Å². The predicted octanol–water partition coefficient (Wildman–Crippen LogP) is 2.92. The van der Waals surface area contributed by atoms with Crippen LogP contribution in [0, 0.1) is 17.7 Å². The lowest BCUT2D eigenvalue weighted by atomic mass is 9.75. The Balaban J connectivity index is 1.04. The maximum Gasteiger partial charge on any atom is 0.166 e. The molecular formula is C25H34FN5OS. The van der Waals surface area contributed by atoms with E-state index in [4.69, 9.17) is 16.6 Å². The number of nitrogens with zero attached hydrogens (tertiary/aromatic N) is 3. The third-order valence-corrected chi connectivity index (χ3v) is 7.86. The summed E-state index contributed by atoms with van der Waals surface area (Å²) in [6, 6.07) is 11.3. The molecule has 8 heteroatoms. The molecule has 4 fully saturated rings. The molecule has 5 heterocycles. The first-order chi connectivity index (χ1) is 16.1. The van der Waals surface area contributed by atoms with Crippen molar-refractivity contribution in [2.75, 3.05) is 57.3 Å². The number of thiocarbonyl (C=S) groups is 1. The second kappa shape index (κ2) is 10.4. The first kappa shape index (κ1) is 22.6. The fourth-order valence-corrected chi connectivity index (χ4v) is 5.85. The summed E-state index contributed by atoms with van der Waals surface area (Å²) in [5.74, 6) is 2.29. The number of piperazine rings is 1. The van der Waals surface area contributed by atoms with Crippen molar-refractivity contribution in [3.63, 3.8) is 0 Å². The van der Waals surface area contributed by atoms with Gasteiger partial charge < -0.3 is 20.0 Å². The molecule has 0 saturated carbocycles. The predicted molar refractivity (Wildman–Crippen MR) is 133 cm³/mol. The van der Waals surface area contributed by atoms with E-state index in [9.17, 15) is 4.39 Å². The van der Waals surface area contributed by atoms with Crippen molar-refractivity contribution in [2.24, 2.45) is 11.8 Å². The van der Waals surface area contributed by atoms with Gasteiger partial charge in [-0.15, -0.1) is 0 Å². The topological polar surface area (TPSA) is 46.9 Å². The monoisotopic (exact) mass is 471 g/mol. The van der Waals surface area contributed by atoms with Crippen molar-refractivity contribution >= 4 is 23.0 Å². The van der Waals surface area contributed by atoms with Crippen molar-refractivity contribution < 1.29 is 8.81 Å². The Bertz CT molecular complexity index is 900. The van der Waals surface area contributed by atoms with Crippen LogP contribution >= 0.6 is 12.2 Å². The van der Waals surface area contributed by atoms with Crippen molar-refractivity contribution in [1.29, 1.82) is 0 Å². The molecule has 0 amide bonds. The standard InChI is InChI=1S/C25H34FN5OS/c26-21-3-5-22(6-4-21)30-11-9-29(10-12-30)17-20-18-31-8-7-19(20)14-23(31)15-27-25(33)28-16-24-2-1-13-32-24/h1-6,13,19-20,23H,7-12,14-18H2,(H2,27,28,33)/t19-,20-,23+/m0/s1. The number of furan rings is 1. The number of fused-ring (bicyclic) bond motifs is 3. The van der Waals surface area contributed by atoms with Gasteiger partial charge in [0, 0.05) is 57.5 Å². The minimum absolute atomic E-state index is 0.166. The smallest absolute Gasteiger partial charge is 0.166 e. The van der Waals surface area contributed by atoms with E-state index in [1.807, 2.05) is 24.3 Å². The third kappa shape index (κ3) is 5.67. The lowest BCUT2D eigenvalue weighted by Crippen LogP contribution is -2.59. The highest BCUT2D eigenvalue weighted by Crippen LogP contribution is 2.36. The van der Waals surface area contributed by atoms with Gasteiger partial charge in [0.2, 0.25) is 0 Å². The quantitative estimate of drug-likeness (QED) is 0.602. The number of anilines is 1. The van der Waals surface area contributed by atoms with Gasteiger partial charge in [-0.25, -0.2) is 4.39 Å². The molecule has 1 aromatic heterocycles. The molecule has 6 nitrogen and oxygen atoms in total. The molecule has 178 valence electrons. The van der Waals surface area contributed by atoms with E-state index < -0.39 is 0 Å². The number of benzene rings is 1. The van der Waals surface area contributed by atoms with Crippen LogP contribution in [0.3, 0.4) is 0 Å². The summed E-state index contributed by atoms with van der Waals surface area (Å²) in [6.07, 6.45) is 4.26. The van der Waals surface area contributed by atoms with Crippen LogP contribution in [0.2, 0.25) is 0 Å². The Morgan fingerprint density at radius 2 is 1.88 bits per heavy atom. The molecule has 2 aromatic rings. The highest BCUT2D eigenvalue weighted by atomic mass is 32.1. The molecule has 4 aliphatic rings.